The molecule has 2 rings (SSSR count). The molecule has 0 radical (unpaired) electrons. The van der Waals surface area contributed by atoms with E-state index >= 15 is 0 Å². The van der Waals surface area contributed by atoms with Gasteiger partial charge in [-0.1, -0.05) is 0 Å². The van der Waals surface area contributed by atoms with Crippen LogP contribution in [0.1, 0.15) is 23.2 Å². The van der Waals surface area contributed by atoms with Gasteiger partial charge in [-0.3, -0.25) is 0 Å². The van der Waals surface area contributed by atoms with E-state index in [4.69, 9.17) is 14.9 Å². The Kier molecular flexibility index (Phi) is 3.84. The summed E-state index contributed by atoms with van der Waals surface area (Å²) < 4.78 is 5.47. The Balaban J connectivity index is 1.71. The van der Waals surface area contributed by atoms with Crippen molar-refractivity contribution >= 4 is 5.97 Å². The molecule has 3 N–H and O–H groups in total. The van der Waals surface area contributed by atoms with Crippen LogP contribution in [-0.4, -0.2) is 41.5 Å². The van der Waals surface area contributed by atoms with Crippen LogP contribution in [0.4, 0.5) is 0 Å². The van der Waals surface area contributed by atoms with Crippen molar-refractivity contribution in [3.8, 4) is 5.75 Å². The monoisotopic (exact) mass is 251 g/mol. The van der Waals surface area contributed by atoms with Crippen molar-refractivity contribution in [1.82, 2.24) is 5.32 Å². The number of hydrogen-bond acceptors (Lipinski definition) is 4. The molecule has 0 amide bonds. The van der Waals surface area contributed by atoms with E-state index in [9.17, 15) is 4.79 Å². The predicted molar refractivity (Wildman–Crippen MR) is 65.9 cm³/mol. The minimum Gasteiger partial charge on any atom is -0.492 e. The van der Waals surface area contributed by atoms with E-state index in [0.29, 0.717) is 18.9 Å². The molecule has 0 atom stereocenters. The fourth-order valence-corrected chi connectivity index (χ4v) is 1.72. The first-order valence-electron chi connectivity index (χ1n) is 5.97. The van der Waals surface area contributed by atoms with Gasteiger partial charge in [-0.2, -0.15) is 0 Å². The van der Waals surface area contributed by atoms with Gasteiger partial charge >= 0.3 is 5.97 Å². The first kappa shape index (κ1) is 12.9. The summed E-state index contributed by atoms with van der Waals surface area (Å²) in [5.41, 5.74) is 0.175. The van der Waals surface area contributed by atoms with Crippen molar-refractivity contribution in [3.63, 3.8) is 0 Å². The van der Waals surface area contributed by atoms with Crippen molar-refractivity contribution in [1.29, 1.82) is 0 Å². The molecule has 0 bridgehead atoms. The van der Waals surface area contributed by atoms with Crippen LogP contribution in [0.5, 0.6) is 5.75 Å². The Hall–Kier alpha value is -1.59. The molecule has 98 valence electrons. The molecule has 1 fully saturated rings. The van der Waals surface area contributed by atoms with Crippen LogP contribution in [0.25, 0.3) is 0 Å². The molecular formula is C13H17NO4. The molecule has 0 saturated heterocycles. The normalized spacial score (nSPS) is 16.3. The van der Waals surface area contributed by atoms with E-state index < -0.39 is 5.97 Å². The molecule has 0 aromatic heterocycles. The molecule has 0 spiro atoms. The smallest absolute Gasteiger partial charge is 0.335 e. The van der Waals surface area contributed by atoms with Crippen molar-refractivity contribution in [3.05, 3.63) is 29.8 Å². The van der Waals surface area contributed by atoms with E-state index in [-0.39, 0.29) is 17.7 Å². The van der Waals surface area contributed by atoms with E-state index in [0.717, 1.165) is 12.8 Å². The molecule has 5 heteroatoms. The Morgan fingerprint density at radius 3 is 2.50 bits per heavy atom. The maximum Gasteiger partial charge on any atom is 0.335 e. The Morgan fingerprint density at radius 2 is 2.00 bits per heavy atom. The lowest BCUT2D eigenvalue weighted by Gasteiger charge is -2.14. The minimum absolute atomic E-state index is 0.0729. The van der Waals surface area contributed by atoms with E-state index in [1.807, 2.05) is 0 Å². The van der Waals surface area contributed by atoms with Gasteiger partial charge in [0.05, 0.1) is 12.2 Å². The van der Waals surface area contributed by atoms with Gasteiger partial charge < -0.3 is 20.3 Å². The number of nitrogens with one attached hydrogen (secondary N) is 1. The summed E-state index contributed by atoms with van der Waals surface area (Å²) in [6.07, 6.45) is 2.02. The number of carboxylic acid groups (broad SMARTS) is 1. The molecule has 5 nitrogen and oxygen atoms in total. The molecule has 1 aliphatic carbocycles. The summed E-state index contributed by atoms with van der Waals surface area (Å²) in [5.74, 6) is -0.294. The lowest BCUT2D eigenvalue weighted by atomic mass is 10.2. The van der Waals surface area contributed by atoms with Crippen LogP contribution in [0.3, 0.4) is 0 Å². The van der Waals surface area contributed by atoms with Crippen LogP contribution in [-0.2, 0) is 0 Å². The highest BCUT2D eigenvalue weighted by atomic mass is 16.5. The number of benzene rings is 1. The van der Waals surface area contributed by atoms with Gasteiger partial charge in [-0.15, -0.1) is 0 Å². The van der Waals surface area contributed by atoms with Gasteiger partial charge in [0.2, 0.25) is 0 Å². The van der Waals surface area contributed by atoms with Gasteiger partial charge in [0.25, 0.3) is 0 Å². The van der Waals surface area contributed by atoms with Crippen LogP contribution in [0.15, 0.2) is 24.3 Å². The van der Waals surface area contributed by atoms with Gasteiger partial charge in [0, 0.05) is 12.1 Å². The van der Waals surface area contributed by atoms with Crippen LogP contribution < -0.4 is 10.1 Å². The number of aliphatic hydroxyl groups excluding tert-OH is 1. The Labute approximate surface area is 105 Å². The number of carboxylic acids is 1. The van der Waals surface area contributed by atoms with Gasteiger partial charge in [-0.05, 0) is 37.1 Å². The largest absolute Gasteiger partial charge is 0.492 e. The number of rotatable bonds is 7. The number of aliphatic hydroxyl groups is 1. The first-order chi connectivity index (χ1) is 8.65. The maximum atomic E-state index is 10.6. The SMILES string of the molecule is O=C(O)c1ccc(OCCNC2(CO)CC2)cc1. The molecular weight excluding hydrogens is 234 g/mol. The minimum atomic E-state index is -0.943. The average Bonchev–Trinajstić information content (AvgIpc) is 3.16. The molecule has 18 heavy (non-hydrogen) atoms. The third-order valence-electron chi connectivity index (χ3n) is 3.13. The molecule has 1 saturated carbocycles. The first-order valence-corrected chi connectivity index (χ1v) is 5.97. The zero-order chi connectivity index (χ0) is 13.0. The standard InChI is InChI=1S/C13H17NO4/c15-9-13(5-6-13)14-7-8-18-11-3-1-10(2-4-11)12(16)17/h1-4,14-15H,5-9H2,(H,16,17). The highest BCUT2D eigenvalue weighted by Crippen LogP contribution is 2.34. The zero-order valence-corrected chi connectivity index (χ0v) is 10.1. The molecule has 1 aromatic rings. The molecule has 0 unspecified atom stereocenters. The summed E-state index contributed by atoms with van der Waals surface area (Å²) in [6.45, 7) is 1.33. The Morgan fingerprint density at radius 1 is 1.33 bits per heavy atom. The van der Waals surface area contributed by atoms with Gasteiger partial charge in [-0.25, -0.2) is 4.79 Å². The summed E-state index contributed by atoms with van der Waals surface area (Å²) in [6, 6.07) is 6.31. The van der Waals surface area contributed by atoms with Crippen LogP contribution >= 0.6 is 0 Å². The maximum absolute atomic E-state index is 10.6. The summed E-state index contributed by atoms with van der Waals surface area (Å²) >= 11 is 0. The molecule has 0 heterocycles. The van der Waals surface area contributed by atoms with Gasteiger partial charge in [0.15, 0.2) is 0 Å². The van der Waals surface area contributed by atoms with E-state index in [1.54, 1.807) is 12.1 Å². The number of hydrogen-bond donors (Lipinski definition) is 3. The lowest BCUT2D eigenvalue weighted by molar-refractivity contribution is 0.0697. The fraction of sp³-hybridized carbons (Fsp3) is 0.462. The summed E-state index contributed by atoms with van der Waals surface area (Å²) in [5, 5.41) is 21.1. The second kappa shape index (κ2) is 5.37. The third kappa shape index (κ3) is 3.21. The zero-order valence-electron chi connectivity index (χ0n) is 10.1. The van der Waals surface area contributed by atoms with E-state index in [1.165, 1.54) is 12.1 Å². The molecule has 1 aromatic carbocycles. The summed E-state index contributed by atoms with van der Waals surface area (Å²) in [4.78, 5) is 10.6. The number of ether oxygens (including phenoxy) is 1. The van der Waals surface area contributed by atoms with Crippen molar-refractivity contribution in [2.75, 3.05) is 19.8 Å². The van der Waals surface area contributed by atoms with E-state index in [2.05, 4.69) is 5.32 Å². The average molecular weight is 251 g/mol. The topological polar surface area (TPSA) is 78.8 Å². The molecule has 0 aliphatic heterocycles. The second-order valence-corrected chi connectivity index (χ2v) is 4.54. The van der Waals surface area contributed by atoms with Crippen molar-refractivity contribution in [2.24, 2.45) is 0 Å². The number of aromatic carboxylic acids is 1. The fourth-order valence-electron chi connectivity index (χ4n) is 1.72. The Bertz CT molecular complexity index is 412. The highest BCUT2D eigenvalue weighted by molar-refractivity contribution is 5.87. The van der Waals surface area contributed by atoms with Crippen LogP contribution in [0, 0.1) is 0 Å². The highest BCUT2D eigenvalue weighted by Gasteiger charge is 2.41. The second-order valence-electron chi connectivity index (χ2n) is 4.54. The van der Waals surface area contributed by atoms with Crippen molar-refractivity contribution in [2.45, 2.75) is 18.4 Å². The summed E-state index contributed by atoms with van der Waals surface area (Å²) in [7, 11) is 0. The number of carbonyl (C=O) groups is 1. The molecule has 1 aliphatic rings. The van der Waals surface area contributed by atoms with Crippen molar-refractivity contribution < 1.29 is 19.7 Å². The third-order valence-corrected chi connectivity index (χ3v) is 3.13. The van der Waals surface area contributed by atoms with Gasteiger partial charge in [0.1, 0.15) is 12.4 Å². The predicted octanol–water partition coefficient (Wildman–Crippen LogP) is 0.878. The quantitative estimate of drug-likeness (QED) is 0.627. The lowest BCUT2D eigenvalue weighted by Crippen LogP contribution is -2.37. The van der Waals surface area contributed by atoms with Crippen LogP contribution in [0.2, 0.25) is 0 Å².